The molecule has 1 fully saturated rings. The Morgan fingerprint density at radius 1 is 1.09 bits per heavy atom. The third-order valence-corrected chi connectivity index (χ3v) is 7.37. The fourth-order valence-electron chi connectivity index (χ4n) is 3.82. The number of benzene rings is 2. The van der Waals surface area contributed by atoms with Crippen molar-refractivity contribution in [3.63, 3.8) is 0 Å². The third kappa shape index (κ3) is 7.20. The van der Waals surface area contributed by atoms with Crippen molar-refractivity contribution in [1.82, 2.24) is 14.5 Å². The van der Waals surface area contributed by atoms with Gasteiger partial charge in [0, 0.05) is 45.2 Å². The van der Waals surface area contributed by atoms with Gasteiger partial charge in [0.1, 0.15) is 11.6 Å². The van der Waals surface area contributed by atoms with Crippen LogP contribution in [0.3, 0.4) is 0 Å². The molecule has 0 saturated carbocycles. The van der Waals surface area contributed by atoms with Crippen LogP contribution in [0.15, 0.2) is 36.4 Å². The van der Waals surface area contributed by atoms with Crippen molar-refractivity contribution in [1.29, 1.82) is 0 Å². The van der Waals surface area contributed by atoms with E-state index in [9.17, 15) is 26.8 Å². The molecular formula is C23H26ClF2N3O5S. The number of hydrogen-bond acceptors (Lipinski definition) is 6. The predicted molar refractivity (Wildman–Crippen MR) is 126 cm³/mol. The van der Waals surface area contributed by atoms with E-state index >= 15 is 0 Å². The second-order valence-corrected chi connectivity index (χ2v) is 10.4. The Hall–Kier alpha value is -2.60. The Morgan fingerprint density at radius 3 is 2.34 bits per heavy atom. The maximum atomic E-state index is 14.5. The van der Waals surface area contributed by atoms with Crippen molar-refractivity contribution >= 4 is 33.5 Å². The molecule has 1 saturated heterocycles. The molecule has 0 aliphatic carbocycles. The fourth-order valence-corrected chi connectivity index (χ4v) is 5.38. The molecule has 0 aromatic heterocycles. The maximum absolute atomic E-state index is 14.5. The highest BCUT2D eigenvalue weighted by Crippen LogP contribution is 2.24. The molecule has 0 bridgehead atoms. The van der Waals surface area contributed by atoms with E-state index < -0.39 is 39.4 Å². The number of nitrogens with one attached hydrogen (secondary N) is 1. The minimum Gasteiger partial charge on any atom is -0.465 e. The highest BCUT2D eigenvalue weighted by Gasteiger charge is 2.27. The quantitative estimate of drug-likeness (QED) is 0.528. The molecule has 35 heavy (non-hydrogen) atoms. The van der Waals surface area contributed by atoms with Crippen molar-refractivity contribution in [2.75, 3.05) is 39.8 Å². The zero-order valence-electron chi connectivity index (χ0n) is 19.3. The van der Waals surface area contributed by atoms with Crippen molar-refractivity contribution in [2.45, 2.75) is 18.7 Å². The second kappa shape index (κ2) is 11.4. The molecule has 1 aliphatic heterocycles. The third-order valence-electron chi connectivity index (χ3n) is 5.75. The number of piperazine rings is 1. The molecule has 1 amide bonds. The van der Waals surface area contributed by atoms with Gasteiger partial charge in [-0.1, -0.05) is 23.7 Å². The number of carbonyl (C=O) groups is 2. The zero-order valence-corrected chi connectivity index (χ0v) is 20.8. The Kier molecular flexibility index (Phi) is 8.81. The Bertz CT molecular complexity index is 1200. The number of carbonyl (C=O) groups excluding carboxylic acids is 2. The van der Waals surface area contributed by atoms with Crippen molar-refractivity contribution in [3.8, 4) is 0 Å². The van der Waals surface area contributed by atoms with Crippen LogP contribution in [0.5, 0.6) is 0 Å². The van der Waals surface area contributed by atoms with E-state index in [1.807, 2.05) is 4.90 Å². The van der Waals surface area contributed by atoms with E-state index in [0.29, 0.717) is 31.7 Å². The lowest BCUT2D eigenvalue weighted by molar-refractivity contribution is -0.130. The largest absolute Gasteiger partial charge is 0.465 e. The molecule has 3 rings (SSSR count). The number of esters is 1. The molecule has 1 unspecified atom stereocenters. The minimum atomic E-state index is -4.08. The summed E-state index contributed by atoms with van der Waals surface area (Å²) in [6.07, 6.45) is 0. The molecule has 0 spiro atoms. The molecule has 12 heteroatoms. The van der Waals surface area contributed by atoms with E-state index in [2.05, 4.69) is 9.46 Å². The molecular weight excluding hydrogens is 504 g/mol. The molecule has 8 nitrogen and oxygen atoms in total. The lowest BCUT2D eigenvalue weighted by Crippen LogP contribution is -2.50. The van der Waals surface area contributed by atoms with Gasteiger partial charge in [-0.2, -0.15) is 0 Å². The van der Waals surface area contributed by atoms with E-state index in [1.54, 1.807) is 4.90 Å². The SMILES string of the molecule is COC(=O)c1ccc(CS(=O)(=O)NC(CN2CCN(C(C)=O)CC2)c2ccc(F)c(Cl)c2)c(F)c1. The topological polar surface area (TPSA) is 96.0 Å². The monoisotopic (exact) mass is 529 g/mol. The van der Waals surface area contributed by atoms with Crippen LogP contribution in [0, 0.1) is 11.6 Å². The van der Waals surface area contributed by atoms with E-state index in [1.165, 1.54) is 31.2 Å². The van der Waals surface area contributed by atoms with Crippen LogP contribution in [0.25, 0.3) is 0 Å². The predicted octanol–water partition coefficient (Wildman–Crippen LogP) is 2.73. The van der Waals surface area contributed by atoms with Crippen molar-refractivity contribution < 1.29 is 31.5 Å². The van der Waals surface area contributed by atoms with Gasteiger partial charge in [-0.05, 0) is 29.8 Å². The van der Waals surface area contributed by atoms with Gasteiger partial charge in [-0.15, -0.1) is 0 Å². The average molecular weight is 530 g/mol. The number of sulfonamides is 1. The highest BCUT2D eigenvalue weighted by atomic mass is 35.5. The molecule has 0 radical (unpaired) electrons. The number of nitrogens with zero attached hydrogens (tertiary/aromatic N) is 2. The van der Waals surface area contributed by atoms with Crippen LogP contribution in [0.4, 0.5) is 8.78 Å². The van der Waals surface area contributed by atoms with Crippen LogP contribution < -0.4 is 4.72 Å². The summed E-state index contributed by atoms with van der Waals surface area (Å²) in [5.41, 5.74) is 0.272. The van der Waals surface area contributed by atoms with Gasteiger partial charge in [0.2, 0.25) is 15.9 Å². The summed E-state index contributed by atoms with van der Waals surface area (Å²) in [6, 6.07) is 6.55. The molecule has 1 heterocycles. The Labute approximate surface area is 207 Å². The van der Waals surface area contributed by atoms with Gasteiger partial charge in [-0.3, -0.25) is 9.69 Å². The van der Waals surface area contributed by atoms with Crippen molar-refractivity contribution in [3.05, 3.63) is 69.7 Å². The van der Waals surface area contributed by atoms with Crippen LogP contribution in [0.1, 0.15) is 34.5 Å². The first kappa shape index (κ1) is 27.0. The number of hydrogen-bond donors (Lipinski definition) is 1. The lowest BCUT2D eigenvalue weighted by Gasteiger charge is -2.36. The zero-order chi connectivity index (χ0) is 25.8. The van der Waals surface area contributed by atoms with Crippen LogP contribution >= 0.6 is 11.6 Å². The van der Waals surface area contributed by atoms with Crippen LogP contribution in [-0.4, -0.2) is 69.9 Å². The van der Waals surface area contributed by atoms with Crippen LogP contribution in [-0.2, 0) is 25.3 Å². The standard InChI is InChI=1S/C23H26ClF2N3O5S/c1-15(30)29-9-7-28(8-10-29)13-22(16-5-6-20(25)19(24)11-16)27-35(32,33)14-18-4-3-17(12-21(18)26)23(31)34-2/h3-6,11-12,22,27H,7-10,13-14H2,1-2H3. The van der Waals surface area contributed by atoms with E-state index in [0.717, 1.165) is 19.2 Å². The number of ether oxygens (including phenoxy) is 1. The molecule has 1 atom stereocenters. The highest BCUT2D eigenvalue weighted by molar-refractivity contribution is 7.88. The Morgan fingerprint density at radius 2 is 1.77 bits per heavy atom. The summed E-state index contributed by atoms with van der Waals surface area (Å²) < 4.78 is 61.4. The van der Waals surface area contributed by atoms with E-state index in [-0.39, 0.29) is 28.6 Å². The number of methoxy groups -OCH3 is 1. The fraction of sp³-hybridized carbons (Fsp3) is 0.391. The molecule has 2 aromatic carbocycles. The minimum absolute atomic E-state index is 0.0348. The smallest absolute Gasteiger partial charge is 0.337 e. The van der Waals surface area contributed by atoms with Crippen molar-refractivity contribution in [2.24, 2.45) is 0 Å². The number of rotatable bonds is 8. The van der Waals surface area contributed by atoms with Crippen LogP contribution in [0.2, 0.25) is 5.02 Å². The normalized spacial score (nSPS) is 15.6. The molecule has 2 aromatic rings. The molecule has 190 valence electrons. The van der Waals surface area contributed by atoms with Gasteiger partial charge in [0.05, 0.1) is 29.5 Å². The summed E-state index contributed by atoms with van der Waals surface area (Å²) in [7, 11) is -2.92. The summed E-state index contributed by atoms with van der Waals surface area (Å²) in [4.78, 5) is 26.9. The van der Waals surface area contributed by atoms with Gasteiger partial charge in [-0.25, -0.2) is 26.7 Å². The average Bonchev–Trinajstić information content (AvgIpc) is 2.81. The number of halogens is 3. The summed E-state index contributed by atoms with van der Waals surface area (Å²) in [5, 5.41) is -0.155. The summed E-state index contributed by atoms with van der Waals surface area (Å²) >= 11 is 5.93. The summed E-state index contributed by atoms with van der Waals surface area (Å²) in [6.45, 7) is 3.76. The van der Waals surface area contributed by atoms with Gasteiger partial charge in [0.15, 0.2) is 0 Å². The van der Waals surface area contributed by atoms with Gasteiger partial charge >= 0.3 is 5.97 Å². The second-order valence-electron chi connectivity index (χ2n) is 8.21. The first-order valence-corrected chi connectivity index (χ1v) is 12.8. The first-order valence-electron chi connectivity index (χ1n) is 10.8. The first-order chi connectivity index (χ1) is 16.5. The van der Waals surface area contributed by atoms with E-state index in [4.69, 9.17) is 11.6 Å². The van der Waals surface area contributed by atoms with Gasteiger partial charge in [0.25, 0.3) is 0 Å². The lowest BCUT2D eigenvalue weighted by atomic mass is 10.1. The maximum Gasteiger partial charge on any atom is 0.337 e. The molecule has 1 aliphatic rings. The van der Waals surface area contributed by atoms with Gasteiger partial charge < -0.3 is 9.64 Å². The summed E-state index contributed by atoms with van der Waals surface area (Å²) in [5.74, 6) is -2.95. The Balaban J connectivity index is 1.80. The molecule has 1 N–H and O–H groups in total. The number of amides is 1.